The minimum absolute atomic E-state index is 0.101. The van der Waals surface area contributed by atoms with E-state index in [9.17, 15) is 31.1 Å². The number of rotatable bonds is 4. The van der Waals surface area contributed by atoms with Gasteiger partial charge in [-0.1, -0.05) is 6.42 Å². The molecule has 148 valence electrons. The van der Waals surface area contributed by atoms with Gasteiger partial charge in [0.05, 0.1) is 5.92 Å². The molecule has 0 heterocycles. The van der Waals surface area contributed by atoms with Crippen LogP contribution in [0.5, 0.6) is 0 Å². The summed E-state index contributed by atoms with van der Waals surface area (Å²) < 4.78 is 80.4. The Hall–Kier alpha value is -1.03. The molecule has 0 saturated heterocycles. The van der Waals surface area contributed by atoms with E-state index in [1.807, 2.05) is 0 Å². The molecule has 4 atom stereocenters. The summed E-state index contributed by atoms with van der Waals surface area (Å²) in [4.78, 5) is 12.0. The molecule has 0 aromatic carbocycles. The molecule has 2 N–H and O–H groups in total. The fourth-order valence-electron chi connectivity index (χ4n) is 3.67. The third kappa shape index (κ3) is 4.58. The van der Waals surface area contributed by atoms with Gasteiger partial charge in [0.1, 0.15) is 6.10 Å². The number of aliphatic hydroxyl groups excluding tert-OH is 1. The van der Waals surface area contributed by atoms with Crippen LogP contribution in [0.4, 0.5) is 26.3 Å². The quantitative estimate of drug-likeness (QED) is 0.581. The van der Waals surface area contributed by atoms with Gasteiger partial charge in [-0.05, 0) is 38.0 Å². The summed E-state index contributed by atoms with van der Waals surface area (Å²) in [6.07, 6.45) is -12.0. The number of alkyl halides is 6. The average Bonchev–Trinajstić information content (AvgIpc) is 3.09. The Morgan fingerprint density at radius 3 is 1.96 bits per heavy atom. The number of halogens is 6. The van der Waals surface area contributed by atoms with Crippen LogP contribution in [0.3, 0.4) is 0 Å². The van der Waals surface area contributed by atoms with E-state index in [4.69, 9.17) is 14.9 Å². The predicted molar refractivity (Wildman–Crippen MR) is 74.3 cm³/mol. The van der Waals surface area contributed by atoms with Gasteiger partial charge in [-0.2, -0.15) is 26.3 Å². The lowest BCUT2D eigenvalue weighted by Crippen LogP contribution is -2.58. The molecule has 0 aromatic rings. The van der Waals surface area contributed by atoms with Crippen molar-refractivity contribution in [1.82, 2.24) is 0 Å². The summed E-state index contributed by atoms with van der Waals surface area (Å²) in [7, 11) is 1.00. The van der Waals surface area contributed by atoms with Gasteiger partial charge in [-0.3, -0.25) is 4.79 Å². The minimum Gasteiger partial charge on any atom is -0.462 e. The van der Waals surface area contributed by atoms with Gasteiger partial charge in [-0.15, -0.1) is 0 Å². The fraction of sp³-hybridized carbons (Fsp3) is 0.933. The van der Waals surface area contributed by atoms with Gasteiger partial charge in [0.25, 0.3) is 5.60 Å². The molecule has 2 rings (SSSR count). The number of esters is 1. The van der Waals surface area contributed by atoms with Gasteiger partial charge in [0.2, 0.25) is 0 Å². The second-order valence-electron chi connectivity index (χ2n) is 6.59. The third-order valence-corrected chi connectivity index (χ3v) is 4.88. The summed E-state index contributed by atoms with van der Waals surface area (Å²) in [6.45, 7) is 0.924. The molecule has 2 bridgehead atoms. The Morgan fingerprint density at radius 2 is 1.60 bits per heavy atom. The van der Waals surface area contributed by atoms with Gasteiger partial charge in [0.15, 0.2) is 0 Å². The van der Waals surface area contributed by atoms with Crippen molar-refractivity contribution < 1.29 is 46.1 Å². The van der Waals surface area contributed by atoms with Crippen LogP contribution in [0.25, 0.3) is 0 Å². The van der Waals surface area contributed by atoms with Crippen molar-refractivity contribution in [3.8, 4) is 0 Å². The smallest absolute Gasteiger partial charge is 0.426 e. The molecular weight excluding hydrogens is 358 g/mol. The number of ether oxygens (including phenoxy) is 1. The number of hydrogen-bond donors (Lipinski definition) is 2. The molecule has 0 radical (unpaired) electrons. The van der Waals surface area contributed by atoms with E-state index in [0.717, 1.165) is 33.3 Å². The van der Waals surface area contributed by atoms with Crippen molar-refractivity contribution in [1.29, 1.82) is 0 Å². The molecule has 2 saturated carbocycles. The molecule has 2 aliphatic rings. The second kappa shape index (κ2) is 7.69. The summed E-state index contributed by atoms with van der Waals surface area (Å²) in [5.41, 5.74) is -4.89. The maximum Gasteiger partial charge on any atom is 0.426 e. The number of hydrogen-bond acceptors (Lipinski definition) is 4. The number of carbonyl (C=O) groups excluding carboxylic acids is 1. The molecule has 0 aromatic heterocycles. The van der Waals surface area contributed by atoms with E-state index in [1.165, 1.54) is 0 Å². The fourth-order valence-corrected chi connectivity index (χ4v) is 3.67. The Morgan fingerprint density at radius 1 is 1.08 bits per heavy atom. The third-order valence-electron chi connectivity index (χ3n) is 4.88. The van der Waals surface area contributed by atoms with Gasteiger partial charge < -0.3 is 14.9 Å². The summed E-state index contributed by atoms with van der Waals surface area (Å²) in [5, 5.41) is 16.1. The lowest BCUT2D eigenvalue weighted by Gasteiger charge is -2.34. The normalized spacial score (nSPS) is 27.5. The Balaban J connectivity index is 0.00000151. The number of aliphatic hydroxyl groups is 2. The van der Waals surface area contributed by atoms with Crippen molar-refractivity contribution in [3.63, 3.8) is 0 Å². The number of carbonyl (C=O) groups is 1. The monoisotopic (exact) mass is 380 g/mol. The predicted octanol–water partition coefficient (Wildman–Crippen LogP) is 3.21. The zero-order valence-corrected chi connectivity index (χ0v) is 13.8. The molecule has 4 nitrogen and oxygen atoms in total. The average molecular weight is 380 g/mol. The van der Waals surface area contributed by atoms with E-state index in [-0.39, 0.29) is 5.92 Å². The van der Waals surface area contributed by atoms with Crippen molar-refractivity contribution in [3.05, 3.63) is 0 Å². The molecule has 2 aliphatic carbocycles. The molecule has 4 unspecified atom stereocenters. The highest BCUT2D eigenvalue weighted by Gasteiger charge is 2.70. The maximum atomic E-state index is 12.6. The van der Waals surface area contributed by atoms with Crippen molar-refractivity contribution >= 4 is 5.97 Å². The largest absolute Gasteiger partial charge is 0.462 e. The van der Waals surface area contributed by atoms with Gasteiger partial charge in [0, 0.05) is 13.5 Å². The zero-order valence-electron chi connectivity index (χ0n) is 13.8. The first-order valence-corrected chi connectivity index (χ1v) is 7.86. The van der Waals surface area contributed by atoms with Crippen LogP contribution in [-0.4, -0.2) is 47.3 Å². The van der Waals surface area contributed by atoms with Crippen LogP contribution < -0.4 is 0 Å². The van der Waals surface area contributed by atoms with Crippen molar-refractivity contribution in [2.75, 3.05) is 7.11 Å². The Bertz CT molecular complexity index is 448. The van der Waals surface area contributed by atoms with Crippen LogP contribution in [0.2, 0.25) is 0 Å². The highest BCUT2D eigenvalue weighted by atomic mass is 19.4. The standard InChI is InChI=1S/C14H18F6O3.CH4O/c1-7(6-12(22,13(15,16)17)14(18,19)20)23-11(21)10-5-8-2-3-9(10)4-8;1-2/h7-10,22H,2-6H2,1H3;2H,1H3. The Kier molecular flexibility index (Phi) is 6.77. The highest BCUT2D eigenvalue weighted by molar-refractivity contribution is 5.73. The van der Waals surface area contributed by atoms with Crippen LogP contribution in [-0.2, 0) is 9.53 Å². The Labute approximate surface area is 141 Å². The lowest BCUT2D eigenvalue weighted by molar-refractivity contribution is -0.373. The molecule has 25 heavy (non-hydrogen) atoms. The highest BCUT2D eigenvalue weighted by Crippen LogP contribution is 2.49. The molecule has 0 amide bonds. The molecule has 10 heteroatoms. The molecule has 0 aliphatic heterocycles. The summed E-state index contributed by atoms with van der Waals surface area (Å²) in [6, 6.07) is 0. The minimum atomic E-state index is -5.90. The van der Waals surface area contributed by atoms with Gasteiger partial charge >= 0.3 is 18.3 Å². The topological polar surface area (TPSA) is 66.8 Å². The van der Waals surface area contributed by atoms with Crippen LogP contribution >= 0.6 is 0 Å². The van der Waals surface area contributed by atoms with E-state index in [0.29, 0.717) is 12.3 Å². The van der Waals surface area contributed by atoms with Crippen LogP contribution in [0.1, 0.15) is 39.0 Å². The van der Waals surface area contributed by atoms with E-state index in [1.54, 1.807) is 0 Å². The molecule has 0 spiro atoms. The first kappa shape index (κ1) is 22.0. The SMILES string of the molecule is CC(CC(O)(C(F)(F)F)C(F)(F)F)OC(=O)C1CC2CCC1C2.CO. The van der Waals surface area contributed by atoms with E-state index < -0.39 is 42.4 Å². The summed E-state index contributed by atoms with van der Waals surface area (Å²) in [5.74, 6) is -0.739. The molecular formula is C15H22F6O4. The summed E-state index contributed by atoms with van der Waals surface area (Å²) >= 11 is 0. The van der Waals surface area contributed by atoms with E-state index in [2.05, 4.69) is 0 Å². The second-order valence-corrected chi connectivity index (χ2v) is 6.59. The first-order chi connectivity index (χ1) is 11.3. The maximum absolute atomic E-state index is 12.6. The first-order valence-electron chi connectivity index (χ1n) is 7.86. The van der Waals surface area contributed by atoms with Crippen molar-refractivity contribution in [2.45, 2.75) is 63.1 Å². The number of fused-ring (bicyclic) bond motifs is 2. The zero-order chi connectivity index (χ0) is 19.6. The van der Waals surface area contributed by atoms with Crippen LogP contribution in [0.15, 0.2) is 0 Å². The van der Waals surface area contributed by atoms with E-state index >= 15 is 0 Å². The van der Waals surface area contributed by atoms with Crippen molar-refractivity contribution in [2.24, 2.45) is 17.8 Å². The molecule has 2 fully saturated rings. The van der Waals surface area contributed by atoms with Gasteiger partial charge in [-0.25, -0.2) is 0 Å². The van der Waals surface area contributed by atoms with Crippen LogP contribution in [0, 0.1) is 17.8 Å². The lowest BCUT2D eigenvalue weighted by atomic mass is 9.89.